The maximum atomic E-state index is 13.2. The molecule has 6 atom stereocenters. The Morgan fingerprint density at radius 2 is 1.47 bits per heavy atom. The minimum atomic E-state index is -0.508. The Balaban J connectivity index is 1.19. The maximum absolute atomic E-state index is 13.2. The molecule has 1 aliphatic heterocycles. The number of imide groups is 1. The standard InChI is InChI=1S/C24H19N3O5/c28-22(25-13-3-7-15(8-4-13)27(31)32)12-1-5-14(6-2-12)26-23(29)20-16-9-10-17(19-11-18(16)19)21(20)24(26)30/h1-10,16-21H,11H2,(H,25,28)/t16-,17-,18-,19-,20-,21+/m0/s1. The molecule has 32 heavy (non-hydrogen) atoms. The molecule has 160 valence electrons. The molecule has 8 nitrogen and oxygen atoms in total. The number of hydrogen-bond acceptors (Lipinski definition) is 5. The van der Waals surface area contributed by atoms with Crippen LogP contribution in [0.25, 0.3) is 0 Å². The summed E-state index contributed by atoms with van der Waals surface area (Å²) in [6, 6.07) is 11.9. The Hall–Kier alpha value is -3.81. The van der Waals surface area contributed by atoms with Gasteiger partial charge in [-0.05, 0) is 66.5 Å². The molecule has 3 amide bonds. The Labute approximate surface area is 183 Å². The molecule has 0 spiro atoms. The lowest BCUT2D eigenvalue weighted by Gasteiger charge is -2.37. The Kier molecular flexibility index (Phi) is 3.90. The highest BCUT2D eigenvalue weighted by Gasteiger charge is 2.67. The summed E-state index contributed by atoms with van der Waals surface area (Å²) in [6.45, 7) is 0. The zero-order valence-corrected chi connectivity index (χ0v) is 16.9. The SMILES string of the molecule is O=C(Nc1ccc([N+](=O)[O-])cc1)c1ccc(N2C(=O)[C@@H]3[C@H]4C=C[C@@H]([C@@H]5C[C@@H]45)[C@@H]3C2=O)cc1. The summed E-state index contributed by atoms with van der Waals surface area (Å²) < 4.78 is 0. The molecule has 0 aromatic heterocycles. The van der Waals surface area contributed by atoms with Crippen molar-refractivity contribution in [2.24, 2.45) is 35.5 Å². The molecule has 2 bridgehead atoms. The summed E-state index contributed by atoms with van der Waals surface area (Å²) in [4.78, 5) is 50.4. The van der Waals surface area contributed by atoms with Crippen molar-refractivity contribution in [1.82, 2.24) is 0 Å². The van der Waals surface area contributed by atoms with Crippen molar-refractivity contribution in [3.05, 3.63) is 76.4 Å². The van der Waals surface area contributed by atoms with E-state index in [2.05, 4.69) is 17.5 Å². The normalized spacial score (nSPS) is 31.3. The van der Waals surface area contributed by atoms with Gasteiger partial charge in [0.05, 0.1) is 22.4 Å². The van der Waals surface area contributed by atoms with Gasteiger partial charge in [0.15, 0.2) is 0 Å². The van der Waals surface area contributed by atoms with E-state index in [1.807, 2.05) is 0 Å². The lowest BCUT2D eigenvalue weighted by atomic mass is 9.63. The zero-order chi connectivity index (χ0) is 22.1. The van der Waals surface area contributed by atoms with Gasteiger partial charge in [0.25, 0.3) is 11.6 Å². The number of anilines is 2. The van der Waals surface area contributed by atoms with Crippen LogP contribution in [-0.2, 0) is 9.59 Å². The third-order valence-electron chi connectivity index (χ3n) is 7.39. The molecule has 5 aliphatic rings. The summed E-state index contributed by atoms with van der Waals surface area (Å²) >= 11 is 0. The van der Waals surface area contributed by atoms with Crippen LogP contribution in [0.3, 0.4) is 0 Å². The number of non-ortho nitro benzene ring substituents is 1. The van der Waals surface area contributed by atoms with E-state index in [-0.39, 0.29) is 47.1 Å². The van der Waals surface area contributed by atoms with Gasteiger partial charge in [0.2, 0.25) is 11.8 Å². The molecular weight excluding hydrogens is 410 g/mol. The second-order valence-electron chi connectivity index (χ2n) is 8.97. The van der Waals surface area contributed by atoms with Gasteiger partial charge in [0, 0.05) is 23.4 Å². The van der Waals surface area contributed by atoms with Crippen LogP contribution in [0.4, 0.5) is 17.1 Å². The monoisotopic (exact) mass is 429 g/mol. The van der Waals surface area contributed by atoms with E-state index in [0.717, 1.165) is 6.42 Å². The van der Waals surface area contributed by atoms with Crippen LogP contribution >= 0.6 is 0 Å². The van der Waals surface area contributed by atoms with Crippen LogP contribution in [0.15, 0.2) is 60.7 Å². The average molecular weight is 429 g/mol. The molecule has 2 aromatic carbocycles. The van der Waals surface area contributed by atoms with Crippen molar-refractivity contribution < 1.29 is 19.3 Å². The van der Waals surface area contributed by atoms with Gasteiger partial charge < -0.3 is 5.32 Å². The molecule has 1 saturated heterocycles. The van der Waals surface area contributed by atoms with E-state index in [1.54, 1.807) is 24.3 Å². The van der Waals surface area contributed by atoms with Gasteiger partial charge in [-0.15, -0.1) is 0 Å². The summed E-state index contributed by atoms with van der Waals surface area (Å²) in [7, 11) is 0. The topological polar surface area (TPSA) is 110 Å². The average Bonchev–Trinajstić information content (AvgIpc) is 3.58. The first-order chi connectivity index (χ1) is 15.4. The molecule has 2 saturated carbocycles. The first kappa shape index (κ1) is 18.9. The van der Waals surface area contributed by atoms with Crippen LogP contribution in [0.2, 0.25) is 0 Å². The van der Waals surface area contributed by atoms with Gasteiger partial charge in [-0.25, -0.2) is 0 Å². The third-order valence-corrected chi connectivity index (χ3v) is 7.39. The number of nitrogens with one attached hydrogen (secondary N) is 1. The number of carbonyl (C=O) groups excluding carboxylic acids is 3. The Morgan fingerprint density at radius 1 is 0.906 bits per heavy atom. The largest absolute Gasteiger partial charge is 0.322 e. The van der Waals surface area contributed by atoms with Gasteiger partial charge >= 0.3 is 0 Å². The molecule has 1 heterocycles. The summed E-state index contributed by atoms with van der Waals surface area (Å²) in [5, 5.41) is 13.4. The molecule has 3 fully saturated rings. The van der Waals surface area contributed by atoms with Crippen LogP contribution in [0, 0.1) is 45.6 Å². The number of carbonyl (C=O) groups is 3. The van der Waals surface area contributed by atoms with E-state index in [9.17, 15) is 24.5 Å². The molecular formula is C24H19N3O5. The molecule has 2 aromatic rings. The number of benzene rings is 2. The highest BCUT2D eigenvalue weighted by atomic mass is 16.6. The van der Waals surface area contributed by atoms with Crippen molar-refractivity contribution in [2.75, 3.05) is 10.2 Å². The maximum Gasteiger partial charge on any atom is 0.269 e. The number of rotatable bonds is 4. The molecule has 0 radical (unpaired) electrons. The smallest absolute Gasteiger partial charge is 0.269 e. The number of hydrogen-bond donors (Lipinski definition) is 1. The van der Waals surface area contributed by atoms with Crippen molar-refractivity contribution in [1.29, 1.82) is 0 Å². The van der Waals surface area contributed by atoms with Gasteiger partial charge in [-0.2, -0.15) is 0 Å². The van der Waals surface area contributed by atoms with Crippen molar-refractivity contribution in [2.45, 2.75) is 6.42 Å². The number of amides is 3. The first-order valence-electron chi connectivity index (χ1n) is 10.7. The van der Waals surface area contributed by atoms with E-state index in [1.165, 1.54) is 29.2 Å². The highest BCUT2D eigenvalue weighted by molar-refractivity contribution is 6.22. The van der Waals surface area contributed by atoms with E-state index < -0.39 is 4.92 Å². The number of nitrogens with zero attached hydrogens (tertiary/aromatic N) is 2. The van der Waals surface area contributed by atoms with Gasteiger partial charge in [-0.1, -0.05) is 12.2 Å². The quantitative estimate of drug-likeness (QED) is 0.347. The van der Waals surface area contributed by atoms with Gasteiger partial charge in [-0.3, -0.25) is 29.4 Å². The van der Waals surface area contributed by atoms with Crippen LogP contribution in [0.1, 0.15) is 16.8 Å². The minimum Gasteiger partial charge on any atom is -0.322 e. The van der Waals surface area contributed by atoms with Crippen LogP contribution in [-0.4, -0.2) is 22.6 Å². The summed E-state index contributed by atoms with van der Waals surface area (Å²) in [5.41, 5.74) is 1.20. The molecule has 7 rings (SSSR count). The molecule has 4 aliphatic carbocycles. The number of nitro groups is 1. The molecule has 1 N–H and O–H groups in total. The van der Waals surface area contributed by atoms with Gasteiger partial charge in [0.1, 0.15) is 0 Å². The summed E-state index contributed by atoms with van der Waals surface area (Å²) in [5.74, 6) is 0.270. The summed E-state index contributed by atoms with van der Waals surface area (Å²) in [6.07, 6.45) is 5.40. The Bertz CT molecular complexity index is 1170. The van der Waals surface area contributed by atoms with E-state index >= 15 is 0 Å². The van der Waals surface area contributed by atoms with Crippen LogP contribution < -0.4 is 10.2 Å². The van der Waals surface area contributed by atoms with Crippen molar-refractivity contribution in [3.63, 3.8) is 0 Å². The highest BCUT2D eigenvalue weighted by Crippen LogP contribution is 2.65. The predicted octanol–water partition coefficient (Wildman–Crippen LogP) is 3.40. The molecule has 8 heteroatoms. The van der Waals surface area contributed by atoms with E-state index in [0.29, 0.717) is 28.8 Å². The zero-order valence-electron chi connectivity index (χ0n) is 16.9. The van der Waals surface area contributed by atoms with E-state index in [4.69, 9.17) is 0 Å². The third kappa shape index (κ3) is 2.65. The number of allylic oxidation sites excluding steroid dienone is 2. The fourth-order valence-corrected chi connectivity index (χ4v) is 5.84. The fraction of sp³-hybridized carbons (Fsp3) is 0.292. The van der Waals surface area contributed by atoms with Crippen molar-refractivity contribution >= 4 is 34.8 Å². The molecule has 0 unspecified atom stereocenters. The lowest BCUT2D eigenvalue weighted by Crippen LogP contribution is -2.40. The lowest BCUT2D eigenvalue weighted by molar-refractivity contribution is -0.384. The number of nitro benzene ring substituents is 1. The first-order valence-corrected chi connectivity index (χ1v) is 10.7. The second kappa shape index (κ2) is 6.59. The predicted molar refractivity (Wildman–Crippen MR) is 115 cm³/mol. The van der Waals surface area contributed by atoms with Crippen molar-refractivity contribution in [3.8, 4) is 0 Å². The fourth-order valence-electron chi connectivity index (χ4n) is 5.84. The second-order valence-corrected chi connectivity index (χ2v) is 8.97. The minimum absolute atomic E-state index is 0.0613. The van der Waals surface area contributed by atoms with Crippen LogP contribution in [0.5, 0.6) is 0 Å². The Morgan fingerprint density at radius 3 is 2.00 bits per heavy atom.